The SMILES string of the molecule is CC1C=CC=CC=CC=CC=CC=CC=CC(O[C@H]2[C@@H](N)[C@H](O)[C@@H](C)O[C@H]2O)CC2OC(O)(CC(O)CC(O)CC(O)CC(O)CC(=O)CC(O)CC(=O)OC1C(C)CCC(O)CC(=O)c1ccc(N)cc1)CC(O)C2C(=O)O. The number of esters is 1. The predicted octanol–water partition coefficient (Wildman–Crippen LogP) is 2.29. The number of ketones is 2. The van der Waals surface area contributed by atoms with Gasteiger partial charge in [-0.3, -0.25) is 19.2 Å². The van der Waals surface area contributed by atoms with Gasteiger partial charge < -0.3 is 86.6 Å². The van der Waals surface area contributed by atoms with Crippen LogP contribution in [-0.4, -0.2) is 177 Å². The molecule has 1 aromatic rings. The molecular weight excluding hydrogens is 1030 g/mol. The van der Waals surface area contributed by atoms with Gasteiger partial charge in [-0.25, -0.2) is 0 Å². The van der Waals surface area contributed by atoms with E-state index in [4.69, 9.17) is 30.4 Å². The fourth-order valence-electron chi connectivity index (χ4n) is 9.98. The Morgan fingerprint density at radius 2 is 1.27 bits per heavy atom. The van der Waals surface area contributed by atoms with Crippen LogP contribution in [0.1, 0.15) is 108 Å². The quantitative estimate of drug-likeness (QED) is 0.0908. The number of allylic oxidation sites excluding steroid dienone is 12. The van der Waals surface area contributed by atoms with E-state index in [0.29, 0.717) is 17.7 Å². The van der Waals surface area contributed by atoms with Gasteiger partial charge in [-0.2, -0.15) is 0 Å². The first-order valence-electron chi connectivity index (χ1n) is 26.9. The molecule has 440 valence electrons. The molecule has 15 N–H and O–H groups in total. The van der Waals surface area contributed by atoms with Gasteiger partial charge in [0.25, 0.3) is 0 Å². The number of aliphatic hydroxyl groups is 10. The smallest absolute Gasteiger partial charge is 0.311 e. The number of ether oxygens (including phenoxy) is 4. The highest BCUT2D eigenvalue weighted by molar-refractivity contribution is 5.96. The Labute approximate surface area is 461 Å². The largest absolute Gasteiger partial charge is 0.481 e. The third-order valence-electron chi connectivity index (χ3n) is 14.1. The summed E-state index contributed by atoms with van der Waals surface area (Å²) in [4.78, 5) is 51.6. The number of fused-ring (bicyclic) bond motifs is 2. The molecule has 79 heavy (non-hydrogen) atoms. The third kappa shape index (κ3) is 23.1. The molecule has 0 spiro atoms. The topological polar surface area (TPSA) is 380 Å². The van der Waals surface area contributed by atoms with Crippen molar-refractivity contribution in [3.63, 3.8) is 0 Å². The van der Waals surface area contributed by atoms with Gasteiger partial charge in [0, 0.05) is 55.7 Å². The first-order chi connectivity index (χ1) is 37.3. The molecule has 0 saturated carbocycles. The maximum Gasteiger partial charge on any atom is 0.311 e. The molecule has 0 aliphatic carbocycles. The molecule has 21 heteroatoms. The van der Waals surface area contributed by atoms with Gasteiger partial charge in [0.2, 0.25) is 0 Å². The van der Waals surface area contributed by atoms with Crippen molar-refractivity contribution in [2.24, 2.45) is 23.5 Å². The minimum atomic E-state index is -2.35. The van der Waals surface area contributed by atoms with E-state index in [-0.39, 0.29) is 36.9 Å². The molecule has 0 radical (unpaired) electrons. The average molecular weight is 1110 g/mol. The van der Waals surface area contributed by atoms with Crippen LogP contribution in [0.4, 0.5) is 5.69 Å². The van der Waals surface area contributed by atoms with Gasteiger partial charge in [-0.05, 0) is 69.2 Å². The normalized spacial score (nSPS) is 35.6. The van der Waals surface area contributed by atoms with Crippen LogP contribution in [0.15, 0.2) is 109 Å². The van der Waals surface area contributed by atoms with E-state index in [1.165, 1.54) is 13.0 Å². The van der Waals surface area contributed by atoms with Gasteiger partial charge in [-0.15, -0.1) is 0 Å². The molecule has 2 saturated heterocycles. The molecule has 2 bridgehead atoms. The van der Waals surface area contributed by atoms with Crippen LogP contribution in [-0.2, 0) is 33.3 Å². The van der Waals surface area contributed by atoms with Crippen molar-refractivity contribution in [1.82, 2.24) is 0 Å². The van der Waals surface area contributed by atoms with Crippen molar-refractivity contribution < 1.29 is 94.3 Å². The molecule has 2 fully saturated rings. The number of aliphatic carboxylic acids is 1. The molecule has 19 atom stereocenters. The number of Topliss-reactive ketones (excluding diaryl/α,β-unsaturated/α-hetero) is 2. The summed E-state index contributed by atoms with van der Waals surface area (Å²) in [5.74, 6) is -7.83. The molecule has 14 unspecified atom stereocenters. The molecule has 0 aromatic heterocycles. The number of carboxylic acids is 1. The molecule has 1 aromatic carbocycles. The van der Waals surface area contributed by atoms with E-state index >= 15 is 0 Å². The monoisotopic (exact) mass is 1110 g/mol. The van der Waals surface area contributed by atoms with Crippen LogP contribution < -0.4 is 11.5 Å². The molecule has 3 aliphatic rings. The highest BCUT2D eigenvalue weighted by atomic mass is 16.7. The van der Waals surface area contributed by atoms with Crippen LogP contribution in [0.25, 0.3) is 0 Å². The molecule has 21 nitrogen and oxygen atoms in total. The van der Waals surface area contributed by atoms with Gasteiger partial charge in [-0.1, -0.05) is 98.9 Å². The van der Waals surface area contributed by atoms with Crippen LogP contribution >= 0.6 is 0 Å². The second kappa shape index (κ2) is 33.0. The van der Waals surface area contributed by atoms with Gasteiger partial charge >= 0.3 is 11.9 Å². The van der Waals surface area contributed by atoms with E-state index < -0.39 is 172 Å². The number of aliphatic hydroxyl groups excluding tert-OH is 9. The Kier molecular flexibility index (Phi) is 27.7. The summed E-state index contributed by atoms with van der Waals surface area (Å²) in [5.41, 5.74) is 12.9. The van der Waals surface area contributed by atoms with Crippen molar-refractivity contribution in [3.8, 4) is 0 Å². The lowest BCUT2D eigenvalue weighted by Gasteiger charge is -2.45. The fraction of sp³-hybridized carbons (Fsp3) is 0.586. The number of carbonyl (C=O) groups is 4. The average Bonchev–Trinajstić information content (AvgIpc) is 3.37. The zero-order valence-corrected chi connectivity index (χ0v) is 45.1. The summed E-state index contributed by atoms with van der Waals surface area (Å²) >= 11 is 0. The lowest BCUT2D eigenvalue weighted by Crippen LogP contribution is -2.62. The number of nitrogens with two attached hydrogens (primary N) is 2. The summed E-state index contributed by atoms with van der Waals surface area (Å²) in [6.45, 7) is 5.18. The number of anilines is 1. The highest BCUT2D eigenvalue weighted by Crippen LogP contribution is 2.38. The minimum absolute atomic E-state index is 0.129. The van der Waals surface area contributed by atoms with Gasteiger partial charge in [0.1, 0.15) is 23.9 Å². The van der Waals surface area contributed by atoms with Crippen molar-refractivity contribution in [3.05, 3.63) is 115 Å². The Bertz CT molecular complexity index is 2280. The molecular formula is C58H84N2O19. The summed E-state index contributed by atoms with van der Waals surface area (Å²) in [5, 5.41) is 119. The number of nitrogen functional groups attached to an aromatic ring is 1. The second-order valence-corrected chi connectivity index (χ2v) is 21.2. The van der Waals surface area contributed by atoms with Gasteiger partial charge in [0.05, 0.1) is 79.6 Å². The summed E-state index contributed by atoms with van der Waals surface area (Å²) in [6, 6.07) is 5.23. The second-order valence-electron chi connectivity index (χ2n) is 21.2. The van der Waals surface area contributed by atoms with E-state index in [9.17, 15) is 75.3 Å². The fourth-order valence-corrected chi connectivity index (χ4v) is 9.98. The Hall–Kier alpha value is -5.08. The van der Waals surface area contributed by atoms with Gasteiger partial charge in [0.15, 0.2) is 17.9 Å². The maximum atomic E-state index is 13.3. The molecule has 4 rings (SSSR count). The number of benzene rings is 1. The Balaban J connectivity index is 1.54. The lowest BCUT2D eigenvalue weighted by atomic mass is 9.82. The highest BCUT2D eigenvalue weighted by Gasteiger charge is 2.51. The Morgan fingerprint density at radius 1 is 0.722 bits per heavy atom. The number of carbonyl (C=O) groups excluding carboxylic acids is 3. The van der Waals surface area contributed by atoms with E-state index in [1.807, 2.05) is 19.9 Å². The lowest BCUT2D eigenvalue weighted by molar-refractivity contribution is -0.304. The number of carboxylic acid groups (broad SMARTS) is 1. The third-order valence-corrected chi connectivity index (χ3v) is 14.1. The summed E-state index contributed by atoms with van der Waals surface area (Å²) < 4.78 is 23.4. The molecule has 0 amide bonds. The van der Waals surface area contributed by atoms with E-state index in [2.05, 4.69) is 0 Å². The number of rotatable bonds is 10. The molecule has 3 aliphatic heterocycles. The zero-order chi connectivity index (χ0) is 58.4. The number of hydrogen-bond acceptors (Lipinski definition) is 20. The number of hydrogen-bond donors (Lipinski definition) is 13. The Morgan fingerprint density at radius 3 is 1.86 bits per heavy atom. The van der Waals surface area contributed by atoms with Crippen molar-refractivity contribution in [1.29, 1.82) is 0 Å². The molecule has 3 heterocycles. The van der Waals surface area contributed by atoms with Crippen molar-refractivity contribution >= 4 is 29.2 Å². The van der Waals surface area contributed by atoms with Crippen LogP contribution in [0, 0.1) is 17.8 Å². The first-order valence-corrected chi connectivity index (χ1v) is 26.9. The van der Waals surface area contributed by atoms with Crippen LogP contribution in [0.5, 0.6) is 0 Å². The van der Waals surface area contributed by atoms with Crippen molar-refractivity contribution in [2.75, 3.05) is 5.73 Å². The standard InChI is InChI=1S/C58H84N2O19/c1-34-16-14-12-10-8-6-4-5-7-9-11-13-15-17-46(77-55-52(60)53(71)36(3)76-57(55)74)31-49-51(56(72)73)48(69)33-58(75,79-49)32-45(67)28-43(65)26-41(63)24-40(62)25-42(64)27-44(66)30-50(70)78-54(34)35(2)18-23-39(61)29-47(68)37-19-21-38(59)22-20-37/h4-17,19-22,34-36,39-41,43-46,48-49,51-55,57,61-63,65-67,69,71,74-75H,18,23-33,59-60H2,1-3H3,(H,72,73)/t34?,35?,36-,39?,40?,41?,43?,44?,45?,46?,48?,49?,51?,52+,53-,54?,55+,57-,58?/m1/s1. The van der Waals surface area contributed by atoms with Crippen LogP contribution in [0.2, 0.25) is 0 Å². The number of cyclic esters (lactones) is 1. The minimum Gasteiger partial charge on any atom is -0.481 e. The van der Waals surface area contributed by atoms with Crippen LogP contribution in [0.3, 0.4) is 0 Å². The zero-order valence-electron chi connectivity index (χ0n) is 45.1. The van der Waals surface area contributed by atoms with E-state index in [1.54, 1.807) is 97.2 Å². The summed E-state index contributed by atoms with van der Waals surface area (Å²) in [6.07, 6.45) is 1.59. The maximum absolute atomic E-state index is 13.3. The predicted molar refractivity (Wildman–Crippen MR) is 290 cm³/mol. The first kappa shape index (κ1) is 66.4. The van der Waals surface area contributed by atoms with Crippen molar-refractivity contribution in [2.45, 2.75) is 195 Å². The van der Waals surface area contributed by atoms with E-state index in [0.717, 1.165) is 0 Å². The summed E-state index contributed by atoms with van der Waals surface area (Å²) in [7, 11) is 0.